The highest BCUT2D eigenvalue weighted by Gasteiger charge is 2.56. The summed E-state index contributed by atoms with van der Waals surface area (Å²) in [5.41, 5.74) is 5.10. The first-order chi connectivity index (χ1) is 19.5. The van der Waals surface area contributed by atoms with Gasteiger partial charge in [-0.3, -0.25) is 23.7 Å². The molecule has 0 spiro atoms. The Kier molecular flexibility index (Phi) is 8.95. The quantitative estimate of drug-likeness (QED) is 0.0826. The van der Waals surface area contributed by atoms with Gasteiger partial charge in [-0.05, 0) is 30.8 Å². The number of nitrogens with one attached hydrogen (secondary N) is 2. The molecule has 4 rings (SSSR count). The number of aromatic amines is 1. The number of hydrogen-bond acceptors (Lipinski definition) is 11. The Bertz CT molecular complexity index is 1630. The molecule has 4 N–H and O–H groups in total. The minimum atomic E-state index is -4.57. The summed E-state index contributed by atoms with van der Waals surface area (Å²) in [5, 5.41) is 28.8. The molecule has 1 aliphatic heterocycles. The summed E-state index contributed by atoms with van der Waals surface area (Å²) in [4.78, 5) is 40.7. The van der Waals surface area contributed by atoms with E-state index in [-0.39, 0.29) is 12.4 Å². The van der Waals surface area contributed by atoms with Gasteiger partial charge in [0.05, 0.1) is 13.2 Å². The second-order valence-corrected chi connectivity index (χ2v) is 10.6. The number of ether oxygens (including phenoxy) is 2. The van der Waals surface area contributed by atoms with Crippen molar-refractivity contribution < 1.29 is 38.1 Å². The minimum absolute atomic E-state index is 0.0453. The van der Waals surface area contributed by atoms with Crippen molar-refractivity contribution in [3.63, 3.8) is 0 Å². The number of carbonyl (C=O) groups excluding carboxylic acids is 1. The van der Waals surface area contributed by atoms with E-state index in [0.29, 0.717) is 5.39 Å². The number of carbonyl (C=O) groups is 1. The molecule has 0 radical (unpaired) electrons. The van der Waals surface area contributed by atoms with E-state index in [0.717, 1.165) is 22.2 Å². The van der Waals surface area contributed by atoms with Crippen LogP contribution in [0.2, 0.25) is 0 Å². The van der Waals surface area contributed by atoms with Gasteiger partial charge >= 0.3 is 19.4 Å². The summed E-state index contributed by atoms with van der Waals surface area (Å²) in [6, 6.07) is 11.7. The summed E-state index contributed by atoms with van der Waals surface area (Å²) < 4.78 is 36.8. The fourth-order valence-corrected chi connectivity index (χ4v) is 5.69. The van der Waals surface area contributed by atoms with Crippen molar-refractivity contribution in [3.8, 4) is 5.75 Å². The molecule has 2 heterocycles. The molecule has 41 heavy (non-hydrogen) atoms. The molecule has 1 saturated heterocycles. The van der Waals surface area contributed by atoms with Crippen LogP contribution >= 0.6 is 7.75 Å². The molecule has 1 fully saturated rings. The van der Waals surface area contributed by atoms with Gasteiger partial charge < -0.3 is 24.2 Å². The Morgan fingerprint density at radius 1 is 1.27 bits per heavy atom. The van der Waals surface area contributed by atoms with Gasteiger partial charge in [0.25, 0.3) is 5.56 Å². The number of fused-ring (bicyclic) bond motifs is 1. The lowest BCUT2D eigenvalue weighted by Gasteiger charge is -2.29. The monoisotopic (exact) mass is 590 g/mol. The number of aliphatic hydroxyl groups is 2. The second-order valence-electron chi connectivity index (χ2n) is 8.94. The van der Waals surface area contributed by atoms with E-state index in [1.807, 2.05) is 4.98 Å². The molecule has 3 aromatic rings. The highest BCUT2D eigenvalue weighted by molar-refractivity contribution is 7.52. The van der Waals surface area contributed by atoms with Gasteiger partial charge in [-0.2, -0.15) is 5.09 Å². The van der Waals surface area contributed by atoms with Crippen LogP contribution in [0.1, 0.15) is 20.1 Å². The molecule has 0 bridgehead atoms. The third kappa shape index (κ3) is 6.34. The lowest BCUT2D eigenvalue weighted by Crippen LogP contribution is -2.45. The predicted molar refractivity (Wildman–Crippen MR) is 143 cm³/mol. The molecule has 0 amide bonds. The van der Waals surface area contributed by atoms with Crippen LogP contribution in [0.15, 0.2) is 69.4 Å². The zero-order chi connectivity index (χ0) is 29.8. The summed E-state index contributed by atoms with van der Waals surface area (Å²) in [6.07, 6.45) is -4.51. The highest BCUT2D eigenvalue weighted by atomic mass is 31.2. The average Bonchev–Trinajstić information content (AvgIpc) is 3.18. The fraction of sp³-hybridized carbons (Fsp3) is 0.375. The van der Waals surface area contributed by atoms with Gasteiger partial charge in [0.2, 0.25) is 5.72 Å². The molecule has 17 heteroatoms. The lowest BCUT2D eigenvalue weighted by molar-refractivity contribution is -0.144. The molecular formula is C24H27N6O10P. The van der Waals surface area contributed by atoms with Gasteiger partial charge in [-0.25, -0.2) is 9.36 Å². The van der Waals surface area contributed by atoms with E-state index in [9.17, 15) is 34.7 Å². The summed E-state index contributed by atoms with van der Waals surface area (Å²) in [6.45, 7) is 2.01. The Labute approximate surface area is 231 Å². The number of benzene rings is 2. The molecule has 1 unspecified atom stereocenters. The maximum Gasteiger partial charge on any atom is 0.459 e. The van der Waals surface area contributed by atoms with Crippen molar-refractivity contribution in [3.05, 3.63) is 86.0 Å². The maximum absolute atomic E-state index is 14.1. The van der Waals surface area contributed by atoms with Crippen LogP contribution in [0.25, 0.3) is 21.2 Å². The Morgan fingerprint density at radius 2 is 2.00 bits per heavy atom. The van der Waals surface area contributed by atoms with Crippen LogP contribution in [0.5, 0.6) is 5.75 Å². The van der Waals surface area contributed by atoms with Crippen molar-refractivity contribution in [1.82, 2.24) is 14.6 Å². The largest absolute Gasteiger partial charge is 0.465 e. The minimum Gasteiger partial charge on any atom is -0.465 e. The smallest absolute Gasteiger partial charge is 0.459 e. The van der Waals surface area contributed by atoms with Crippen LogP contribution in [0.4, 0.5) is 0 Å². The third-order valence-electron chi connectivity index (χ3n) is 6.14. The lowest BCUT2D eigenvalue weighted by atomic mass is 10.1. The molecule has 1 aliphatic rings. The molecule has 0 aliphatic carbocycles. The van der Waals surface area contributed by atoms with Gasteiger partial charge in [0.15, 0.2) is 6.23 Å². The Balaban J connectivity index is 1.68. The number of aliphatic hydroxyl groups excluding tert-OH is 2. The van der Waals surface area contributed by atoms with Crippen molar-refractivity contribution in [2.45, 2.75) is 44.1 Å². The van der Waals surface area contributed by atoms with Crippen LogP contribution in [0.3, 0.4) is 0 Å². The number of rotatable bonds is 11. The first kappa shape index (κ1) is 30.0. The predicted octanol–water partition coefficient (Wildman–Crippen LogP) is 1.69. The zero-order valence-electron chi connectivity index (χ0n) is 21.8. The number of esters is 1. The highest BCUT2D eigenvalue weighted by Crippen LogP contribution is 2.49. The van der Waals surface area contributed by atoms with Gasteiger partial charge in [-0.1, -0.05) is 41.5 Å². The summed E-state index contributed by atoms with van der Waals surface area (Å²) in [7, 11) is -4.57. The van der Waals surface area contributed by atoms with Crippen molar-refractivity contribution in [2.75, 3.05) is 13.2 Å². The number of hydrogen-bond donors (Lipinski definition) is 4. The Morgan fingerprint density at radius 3 is 2.71 bits per heavy atom. The number of nitrogens with zero attached hydrogens (tertiary/aromatic N) is 4. The molecule has 218 valence electrons. The van der Waals surface area contributed by atoms with E-state index in [2.05, 4.69) is 15.1 Å². The van der Waals surface area contributed by atoms with Crippen LogP contribution < -0.4 is 20.9 Å². The van der Waals surface area contributed by atoms with Crippen LogP contribution in [-0.2, 0) is 23.4 Å². The molecule has 2 aromatic carbocycles. The maximum atomic E-state index is 14.1. The van der Waals surface area contributed by atoms with Gasteiger partial charge in [0.1, 0.15) is 24.0 Å². The molecule has 6 atom stereocenters. The normalized spacial score (nSPS) is 24.2. The number of aromatic nitrogens is 2. The van der Waals surface area contributed by atoms with Crippen LogP contribution in [-0.4, -0.2) is 62.9 Å². The number of azide groups is 1. The fourth-order valence-electron chi connectivity index (χ4n) is 4.16. The van der Waals surface area contributed by atoms with Crippen LogP contribution in [0, 0.1) is 0 Å². The Hall–Kier alpha value is -4.01. The molecule has 0 saturated carbocycles. The van der Waals surface area contributed by atoms with E-state index in [4.69, 9.17) is 18.5 Å². The first-order valence-electron chi connectivity index (χ1n) is 12.3. The first-order valence-corrected chi connectivity index (χ1v) is 13.8. The van der Waals surface area contributed by atoms with Gasteiger partial charge in [0, 0.05) is 22.6 Å². The summed E-state index contributed by atoms with van der Waals surface area (Å²) in [5.74, 6) is -0.661. The van der Waals surface area contributed by atoms with E-state index < -0.39 is 61.8 Å². The van der Waals surface area contributed by atoms with Crippen molar-refractivity contribution in [2.24, 2.45) is 5.11 Å². The van der Waals surface area contributed by atoms with E-state index in [1.54, 1.807) is 43.3 Å². The molecule has 16 nitrogen and oxygen atoms in total. The van der Waals surface area contributed by atoms with E-state index in [1.165, 1.54) is 13.0 Å². The summed E-state index contributed by atoms with van der Waals surface area (Å²) >= 11 is 0. The van der Waals surface area contributed by atoms with Gasteiger partial charge in [-0.15, -0.1) is 0 Å². The molecular weight excluding hydrogens is 563 g/mol. The SMILES string of the molecule is CCOC(=O)[C@H](C)NP(=O)(OC[C@@]1(N=[N+]=[N-])O[C@@H](n2ccc(=O)[nH]c2=O)[C@H](O)[C@@H]1O)Oc1cccc2ccccc12. The van der Waals surface area contributed by atoms with Crippen molar-refractivity contribution >= 4 is 24.5 Å². The second kappa shape index (κ2) is 12.2. The molecule has 1 aromatic heterocycles. The van der Waals surface area contributed by atoms with Crippen molar-refractivity contribution in [1.29, 1.82) is 0 Å². The van der Waals surface area contributed by atoms with E-state index >= 15 is 0 Å². The third-order valence-corrected chi connectivity index (χ3v) is 7.75. The zero-order valence-corrected chi connectivity index (χ0v) is 22.7. The number of H-pyrrole nitrogens is 1. The topological polar surface area (TPSA) is 227 Å². The average molecular weight is 590 g/mol. The standard InChI is InChI=1S/C24H27N6O10P/c1-3-37-22(34)14(2)27-41(36,40-17-10-6-8-15-7-4-5-9-16(15)17)38-13-24(28-29-25)20(33)19(32)21(39-24)30-12-11-18(31)26-23(30)35/h4-12,14,19-21,32-33H,3,13H2,1-2H3,(H,27,36)(H,26,31,35)/t14-,19+,20-,21+,24+,41?/m0/s1.